The molecule has 94 valence electrons. The zero-order valence-corrected chi connectivity index (χ0v) is 10.4. The van der Waals surface area contributed by atoms with Crippen LogP contribution in [0.25, 0.3) is 0 Å². The number of furan rings is 1. The molecule has 0 bridgehead atoms. The van der Waals surface area contributed by atoms with Crippen molar-refractivity contribution in [1.29, 1.82) is 0 Å². The topological polar surface area (TPSA) is 54.3 Å². The SMILES string of the molecule is CC1CCCNC1C(=O)N[C@H](C)c1ccco1. The van der Waals surface area contributed by atoms with Gasteiger partial charge in [0.25, 0.3) is 0 Å². The summed E-state index contributed by atoms with van der Waals surface area (Å²) in [5.74, 6) is 1.26. The summed E-state index contributed by atoms with van der Waals surface area (Å²) in [4.78, 5) is 12.1. The summed E-state index contributed by atoms with van der Waals surface area (Å²) in [6.45, 7) is 4.98. The second-order valence-electron chi connectivity index (χ2n) is 4.80. The van der Waals surface area contributed by atoms with Crippen molar-refractivity contribution in [3.05, 3.63) is 24.2 Å². The van der Waals surface area contributed by atoms with Gasteiger partial charge in [0.05, 0.1) is 18.3 Å². The summed E-state index contributed by atoms with van der Waals surface area (Å²) in [7, 11) is 0. The van der Waals surface area contributed by atoms with E-state index in [4.69, 9.17) is 4.42 Å². The van der Waals surface area contributed by atoms with Crippen LogP contribution in [0.3, 0.4) is 0 Å². The third kappa shape index (κ3) is 2.88. The second-order valence-corrected chi connectivity index (χ2v) is 4.80. The number of nitrogens with one attached hydrogen (secondary N) is 2. The van der Waals surface area contributed by atoms with Crippen LogP contribution in [-0.2, 0) is 4.79 Å². The Morgan fingerprint density at radius 1 is 1.65 bits per heavy atom. The first kappa shape index (κ1) is 12.2. The standard InChI is InChI=1S/C13H20N2O2/c1-9-5-3-7-14-12(9)13(16)15-10(2)11-6-4-8-17-11/h4,6,8-10,12,14H,3,5,7H2,1-2H3,(H,15,16)/t9?,10-,12?/m1/s1. The molecule has 1 aromatic rings. The van der Waals surface area contributed by atoms with Crippen molar-refractivity contribution >= 4 is 5.91 Å². The molecule has 17 heavy (non-hydrogen) atoms. The van der Waals surface area contributed by atoms with Crippen molar-refractivity contribution in [2.24, 2.45) is 5.92 Å². The van der Waals surface area contributed by atoms with Crippen LogP contribution >= 0.6 is 0 Å². The normalized spacial score (nSPS) is 26.5. The molecule has 0 aromatic carbocycles. The quantitative estimate of drug-likeness (QED) is 0.842. The average Bonchev–Trinajstić information content (AvgIpc) is 2.82. The number of rotatable bonds is 3. The first-order chi connectivity index (χ1) is 8.18. The predicted molar refractivity (Wildman–Crippen MR) is 65.5 cm³/mol. The van der Waals surface area contributed by atoms with Crippen LogP contribution < -0.4 is 10.6 Å². The minimum absolute atomic E-state index is 0.0684. The van der Waals surface area contributed by atoms with E-state index in [2.05, 4.69) is 17.6 Å². The molecule has 1 aromatic heterocycles. The lowest BCUT2D eigenvalue weighted by Crippen LogP contribution is -2.51. The summed E-state index contributed by atoms with van der Waals surface area (Å²) < 4.78 is 5.28. The van der Waals surface area contributed by atoms with Crippen molar-refractivity contribution in [3.8, 4) is 0 Å². The van der Waals surface area contributed by atoms with Gasteiger partial charge in [-0.2, -0.15) is 0 Å². The molecular formula is C13H20N2O2. The van der Waals surface area contributed by atoms with Crippen molar-refractivity contribution < 1.29 is 9.21 Å². The minimum atomic E-state index is -0.0755. The summed E-state index contributed by atoms with van der Waals surface area (Å²) in [5.41, 5.74) is 0. The Labute approximate surface area is 102 Å². The van der Waals surface area contributed by atoms with E-state index in [0.717, 1.165) is 25.1 Å². The van der Waals surface area contributed by atoms with Gasteiger partial charge in [-0.25, -0.2) is 0 Å². The molecule has 4 nitrogen and oxygen atoms in total. The fourth-order valence-corrected chi connectivity index (χ4v) is 2.31. The van der Waals surface area contributed by atoms with E-state index in [1.54, 1.807) is 6.26 Å². The van der Waals surface area contributed by atoms with E-state index in [-0.39, 0.29) is 18.0 Å². The third-order valence-corrected chi connectivity index (χ3v) is 3.38. The summed E-state index contributed by atoms with van der Waals surface area (Å²) in [6.07, 6.45) is 3.89. The van der Waals surface area contributed by atoms with Crippen molar-refractivity contribution in [2.75, 3.05) is 6.54 Å². The van der Waals surface area contributed by atoms with E-state index in [1.807, 2.05) is 19.1 Å². The highest BCUT2D eigenvalue weighted by Gasteiger charge is 2.28. The molecular weight excluding hydrogens is 216 g/mol. The van der Waals surface area contributed by atoms with Gasteiger partial charge in [-0.3, -0.25) is 4.79 Å². The highest BCUT2D eigenvalue weighted by atomic mass is 16.3. The number of piperidine rings is 1. The van der Waals surface area contributed by atoms with Gasteiger partial charge in [-0.1, -0.05) is 6.92 Å². The Balaban J connectivity index is 1.92. The fourth-order valence-electron chi connectivity index (χ4n) is 2.31. The van der Waals surface area contributed by atoms with Crippen LogP contribution in [0.15, 0.2) is 22.8 Å². The Bertz CT molecular complexity index is 362. The molecule has 0 saturated carbocycles. The van der Waals surface area contributed by atoms with Crippen molar-refractivity contribution in [3.63, 3.8) is 0 Å². The molecule has 0 radical (unpaired) electrons. The van der Waals surface area contributed by atoms with Crippen LogP contribution in [0.4, 0.5) is 0 Å². The van der Waals surface area contributed by atoms with Crippen molar-refractivity contribution in [2.45, 2.75) is 38.8 Å². The molecule has 0 spiro atoms. The monoisotopic (exact) mass is 236 g/mol. The zero-order chi connectivity index (χ0) is 12.3. The van der Waals surface area contributed by atoms with Crippen LogP contribution in [0.1, 0.15) is 38.5 Å². The molecule has 2 N–H and O–H groups in total. The van der Waals surface area contributed by atoms with E-state index in [0.29, 0.717) is 5.92 Å². The van der Waals surface area contributed by atoms with Gasteiger partial charge < -0.3 is 15.1 Å². The predicted octanol–water partition coefficient (Wildman–Crippen LogP) is 1.84. The zero-order valence-electron chi connectivity index (χ0n) is 10.4. The Kier molecular flexibility index (Phi) is 3.84. The fraction of sp³-hybridized carbons (Fsp3) is 0.615. The average molecular weight is 236 g/mol. The molecule has 1 saturated heterocycles. The molecule has 2 heterocycles. The maximum absolute atomic E-state index is 12.1. The first-order valence-corrected chi connectivity index (χ1v) is 6.25. The van der Waals surface area contributed by atoms with Gasteiger partial charge in [0, 0.05) is 0 Å². The Hall–Kier alpha value is -1.29. The van der Waals surface area contributed by atoms with E-state index >= 15 is 0 Å². The lowest BCUT2D eigenvalue weighted by Gasteiger charge is -2.29. The van der Waals surface area contributed by atoms with E-state index in [1.165, 1.54) is 0 Å². The summed E-state index contributed by atoms with van der Waals surface area (Å²) in [6, 6.07) is 3.57. The number of hydrogen-bond acceptors (Lipinski definition) is 3. The largest absolute Gasteiger partial charge is 0.467 e. The van der Waals surface area contributed by atoms with Gasteiger partial charge in [-0.05, 0) is 44.4 Å². The molecule has 0 aliphatic carbocycles. The van der Waals surface area contributed by atoms with E-state index < -0.39 is 0 Å². The van der Waals surface area contributed by atoms with Gasteiger partial charge in [-0.15, -0.1) is 0 Å². The second kappa shape index (κ2) is 5.36. The number of hydrogen-bond donors (Lipinski definition) is 2. The van der Waals surface area contributed by atoms with Crippen LogP contribution in [0, 0.1) is 5.92 Å². The minimum Gasteiger partial charge on any atom is -0.467 e. The van der Waals surface area contributed by atoms with Gasteiger partial charge in [0.1, 0.15) is 5.76 Å². The van der Waals surface area contributed by atoms with Crippen LogP contribution in [0.5, 0.6) is 0 Å². The van der Waals surface area contributed by atoms with E-state index in [9.17, 15) is 4.79 Å². The van der Waals surface area contributed by atoms with Gasteiger partial charge in [0.2, 0.25) is 5.91 Å². The molecule has 1 aliphatic heterocycles. The van der Waals surface area contributed by atoms with Crippen LogP contribution in [0.2, 0.25) is 0 Å². The third-order valence-electron chi connectivity index (χ3n) is 3.38. The molecule has 2 unspecified atom stereocenters. The maximum atomic E-state index is 12.1. The molecule has 2 rings (SSSR count). The number of carbonyl (C=O) groups excluding carboxylic acids is 1. The summed E-state index contributed by atoms with van der Waals surface area (Å²) in [5, 5.41) is 6.26. The lowest BCUT2D eigenvalue weighted by atomic mass is 9.92. The smallest absolute Gasteiger partial charge is 0.237 e. The first-order valence-electron chi connectivity index (χ1n) is 6.25. The van der Waals surface area contributed by atoms with Gasteiger partial charge in [0.15, 0.2) is 0 Å². The highest BCUT2D eigenvalue weighted by Crippen LogP contribution is 2.18. The molecule has 1 amide bonds. The lowest BCUT2D eigenvalue weighted by molar-refractivity contribution is -0.125. The highest BCUT2D eigenvalue weighted by molar-refractivity contribution is 5.82. The van der Waals surface area contributed by atoms with Crippen LogP contribution in [-0.4, -0.2) is 18.5 Å². The van der Waals surface area contributed by atoms with Gasteiger partial charge >= 0.3 is 0 Å². The molecule has 4 heteroatoms. The Morgan fingerprint density at radius 3 is 3.12 bits per heavy atom. The Morgan fingerprint density at radius 2 is 2.47 bits per heavy atom. The summed E-state index contributed by atoms with van der Waals surface area (Å²) >= 11 is 0. The molecule has 1 fully saturated rings. The maximum Gasteiger partial charge on any atom is 0.237 e. The number of carbonyl (C=O) groups is 1. The molecule has 1 aliphatic rings. The molecule has 3 atom stereocenters. The number of amides is 1. The van der Waals surface area contributed by atoms with Crippen molar-refractivity contribution in [1.82, 2.24) is 10.6 Å².